The van der Waals surface area contributed by atoms with Gasteiger partial charge in [0.25, 0.3) is 0 Å². The molecule has 0 aliphatic carbocycles. The van der Waals surface area contributed by atoms with Gasteiger partial charge in [-0.25, -0.2) is 4.39 Å². The van der Waals surface area contributed by atoms with E-state index in [1.54, 1.807) is 0 Å². The average molecular weight is 350 g/mol. The molecule has 17 heavy (non-hydrogen) atoms. The van der Waals surface area contributed by atoms with Gasteiger partial charge in [0, 0.05) is 3.57 Å². The topological polar surface area (TPSA) is 55.1 Å². The van der Waals surface area contributed by atoms with Crippen molar-refractivity contribution in [2.45, 2.75) is 26.8 Å². The van der Waals surface area contributed by atoms with Crippen molar-refractivity contribution in [3.05, 3.63) is 27.6 Å². The maximum atomic E-state index is 12.9. The number of rotatable bonds is 2. The molecule has 94 valence electrons. The Labute approximate surface area is 114 Å². The van der Waals surface area contributed by atoms with Gasteiger partial charge in [0.15, 0.2) is 0 Å². The monoisotopic (exact) mass is 350 g/mol. The van der Waals surface area contributed by atoms with Crippen LogP contribution < -0.4 is 11.1 Å². The van der Waals surface area contributed by atoms with Gasteiger partial charge in [0.05, 0.1) is 11.7 Å². The molecule has 1 atom stereocenters. The summed E-state index contributed by atoms with van der Waals surface area (Å²) in [5.41, 5.74) is 6.10. The predicted molar refractivity (Wildman–Crippen MR) is 75.2 cm³/mol. The molecular weight excluding hydrogens is 334 g/mol. The fourth-order valence-corrected chi connectivity index (χ4v) is 1.81. The number of hydrogen-bond donors (Lipinski definition) is 2. The van der Waals surface area contributed by atoms with Gasteiger partial charge in [-0.2, -0.15) is 0 Å². The summed E-state index contributed by atoms with van der Waals surface area (Å²) in [4.78, 5) is 11.9. The molecule has 0 saturated heterocycles. The first-order valence-corrected chi connectivity index (χ1v) is 6.31. The van der Waals surface area contributed by atoms with Crippen molar-refractivity contribution in [1.82, 2.24) is 0 Å². The van der Waals surface area contributed by atoms with Crippen molar-refractivity contribution in [1.29, 1.82) is 0 Å². The summed E-state index contributed by atoms with van der Waals surface area (Å²) >= 11 is 1.97. The Morgan fingerprint density at radius 1 is 1.47 bits per heavy atom. The zero-order chi connectivity index (χ0) is 13.2. The van der Waals surface area contributed by atoms with E-state index in [4.69, 9.17) is 5.73 Å². The molecule has 1 aromatic rings. The van der Waals surface area contributed by atoms with E-state index < -0.39 is 6.04 Å². The van der Waals surface area contributed by atoms with Crippen molar-refractivity contribution < 1.29 is 9.18 Å². The van der Waals surface area contributed by atoms with Crippen LogP contribution in [0.15, 0.2) is 18.2 Å². The van der Waals surface area contributed by atoms with E-state index in [2.05, 4.69) is 5.32 Å². The Hall–Kier alpha value is -0.690. The zero-order valence-corrected chi connectivity index (χ0v) is 12.2. The summed E-state index contributed by atoms with van der Waals surface area (Å²) in [6, 6.07) is 3.59. The Morgan fingerprint density at radius 3 is 2.53 bits per heavy atom. The van der Waals surface area contributed by atoms with Crippen LogP contribution in [-0.2, 0) is 4.79 Å². The molecular formula is C12H16FIN2O. The SMILES string of the molecule is CC(C)(C)C(N)C(=O)Nc1ccc(F)cc1I. The van der Waals surface area contributed by atoms with Crippen LogP contribution >= 0.6 is 22.6 Å². The molecule has 0 aliphatic heterocycles. The van der Waals surface area contributed by atoms with Crippen molar-refractivity contribution >= 4 is 34.2 Å². The number of hydrogen-bond acceptors (Lipinski definition) is 2. The Kier molecular flexibility index (Phi) is 4.48. The molecule has 5 heteroatoms. The smallest absolute Gasteiger partial charge is 0.241 e. The standard InChI is InChI=1S/C12H16FIN2O/c1-12(2,3)10(15)11(17)16-9-5-4-7(13)6-8(9)14/h4-6,10H,15H2,1-3H3,(H,16,17). The number of halogens is 2. The van der Waals surface area contributed by atoms with E-state index >= 15 is 0 Å². The van der Waals surface area contributed by atoms with Crippen LogP contribution in [0.5, 0.6) is 0 Å². The van der Waals surface area contributed by atoms with Gasteiger partial charge in [-0.3, -0.25) is 4.79 Å². The Bertz CT molecular complexity index is 429. The van der Waals surface area contributed by atoms with Gasteiger partial charge < -0.3 is 11.1 Å². The lowest BCUT2D eigenvalue weighted by molar-refractivity contribution is -0.119. The summed E-state index contributed by atoms with van der Waals surface area (Å²) in [6.45, 7) is 5.69. The highest BCUT2D eigenvalue weighted by atomic mass is 127. The van der Waals surface area contributed by atoms with Crippen LogP contribution in [0.1, 0.15) is 20.8 Å². The van der Waals surface area contributed by atoms with Crippen LogP contribution in [0.25, 0.3) is 0 Å². The summed E-state index contributed by atoms with van der Waals surface area (Å²) in [5.74, 6) is -0.588. The predicted octanol–water partition coefficient (Wildman–Crippen LogP) is 2.74. The third kappa shape index (κ3) is 3.92. The third-order valence-corrected chi connectivity index (χ3v) is 3.30. The molecule has 1 unspecified atom stereocenters. The van der Waals surface area contributed by atoms with Gasteiger partial charge in [0.2, 0.25) is 5.91 Å². The minimum atomic E-state index is -0.608. The lowest BCUT2D eigenvalue weighted by atomic mass is 9.87. The highest BCUT2D eigenvalue weighted by Crippen LogP contribution is 2.22. The maximum absolute atomic E-state index is 12.9. The van der Waals surface area contributed by atoms with Gasteiger partial charge in [0.1, 0.15) is 5.82 Å². The van der Waals surface area contributed by atoms with E-state index in [0.29, 0.717) is 9.26 Å². The summed E-state index contributed by atoms with van der Waals surface area (Å²) in [5, 5.41) is 2.71. The van der Waals surface area contributed by atoms with Crippen molar-refractivity contribution in [3.8, 4) is 0 Å². The van der Waals surface area contributed by atoms with E-state index in [1.807, 2.05) is 43.4 Å². The fourth-order valence-electron chi connectivity index (χ4n) is 1.19. The van der Waals surface area contributed by atoms with E-state index in [-0.39, 0.29) is 17.1 Å². The first kappa shape index (κ1) is 14.4. The minimum absolute atomic E-state index is 0.262. The Balaban J connectivity index is 2.82. The van der Waals surface area contributed by atoms with Crippen LogP contribution in [0.2, 0.25) is 0 Å². The van der Waals surface area contributed by atoms with Crippen molar-refractivity contribution in [2.75, 3.05) is 5.32 Å². The van der Waals surface area contributed by atoms with Gasteiger partial charge in [-0.05, 0) is 46.2 Å². The first-order chi connectivity index (χ1) is 7.71. The second-order valence-electron chi connectivity index (χ2n) is 4.96. The Morgan fingerprint density at radius 2 is 2.06 bits per heavy atom. The molecule has 0 bridgehead atoms. The fraction of sp³-hybridized carbons (Fsp3) is 0.417. The number of anilines is 1. The molecule has 3 nitrogen and oxygen atoms in total. The van der Waals surface area contributed by atoms with Crippen molar-refractivity contribution in [2.24, 2.45) is 11.1 Å². The average Bonchev–Trinajstić information content (AvgIpc) is 2.19. The molecule has 1 amide bonds. The van der Waals surface area contributed by atoms with Crippen LogP contribution in [0.4, 0.5) is 10.1 Å². The highest BCUT2D eigenvalue weighted by molar-refractivity contribution is 14.1. The lowest BCUT2D eigenvalue weighted by Crippen LogP contribution is -2.45. The minimum Gasteiger partial charge on any atom is -0.324 e. The number of amides is 1. The molecule has 0 fully saturated rings. The molecule has 0 saturated carbocycles. The van der Waals surface area contributed by atoms with Crippen molar-refractivity contribution in [3.63, 3.8) is 0 Å². The number of carbonyl (C=O) groups excluding carboxylic acids is 1. The van der Waals surface area contributed by atoms with E-state index in [0.717, 1.165) is 0 Å². The lowest BCUT2D eigenvalue weighted by Gasteiger charge is -2.26. The van der Waals surface area contributed by atoms with Gasteiger partial charge in [-0.1, -0.05) is 20.8 Å². The maximum Gasteiger partial charge on any atom is 0.241 e. The van der Waals surface area contributed by atoms with E-state index in [1.165, 1.54) is 18.2 Å². The molecule has 0 radical (unpaired) electrons. The zero-order valence-electron chi connectivity index (χ0n) is 10.1. The van der Waals surface area contributed by atoms with Crippen LogP contribution in [0.3, 0.4) is 0 Å². The third-order valence-electron chi connectivity index (χ3n) is 2.40. The number of benzene rings is 1. The first-order valence-electron chi connectivity index (χ1n) is 5.23. The summed E-state index contributed by atoms with van der Waals surface area (Å²) < 4.78 is 13.5. The molecule has 0 aromatic heterocycles. The second-order valence-corrected chi connectivity index (χ2v) is 6.12. The second kappa shape index (κ2) is 5.30. The quantitative estimate of drug-likeness (QED) is 0.806. The summed E-state index contributed by atoms with van der Waals surface area (Å²) in [7, 11) is 0. The van der Waals surface area contributed by atoms with Crippen LogP contribution in [-0.4, -0.2) is 11.9 Å². The highest BCUT2D eigenvalue weighted by Gasteiger charge is 2.27. The molecule has 1 rings (SSSR count). The van der Waals surface area contributed by atoms with E-state index in [9.17, 15) is 9.18 Å². The molecule has 0 spiro atoms. The number of nitrogens with one attached hydrogen (secondary N) is 1. The molecule has 0 heterocycles. The normalized spacial score (nSPS) is 13.3. The number of carbonyl (C=O) groups is 1. The number of nitrogens with two attached hydrogens (primary N) is 1. The molecule has 1 aromatic carbocycles. The van der Waals surface area contributed by atoms with Crippen LogP contribution in [0, 0.1) is 14.8 Å². The molecule has 0 aliphatic rings. The van der Waals surface area contributed by atoms with Gasteiger partial charge >= 0.3 is 0 Å². The molecule has 3 N–H and O–H groups in total. The summed E-state index contributed by atoms with van der Waals surface area (Å²) in [6.07, 6.45) is 0. The largest absolute Gasteiger partial charge is 0.324 e. The van der Waals surface area contributed by atoms with Gasteiger partial charge in [-0.15, -0.1) is 0 Å².